The van der Waals surface area contributed by atoms with Gasteiger partial charge in [0.05, 0.1) is 5.69 Å². The lowest BCUT2D eigenvalue weighted by atomic mass is 9.89. The largest absolute Gasteiger partial charge is 0.316 e. The van der Waals surface area contributed by atoms with Gasteiger partial charge in [0.1, 0.15) is 0 Å². The highest BCUT2D eigenvalue weighted by Gasteiger charge is 2.25. The van der Waals surface area contributed by atoms with Crippen molar-refractivity contribution in [3.63, 3.8) is 0 Å². The Balaban J connectivity index is 2.02. The molecule has 1 aliphatic carbocycles. The van der Waals surface area contributed by atoms with Crippen LogP contribution in [-0.2, 0) is 12.8 Å². The van der Waals surface area contributed by atoms with Crippen LogP contribution in [0.15, 0.2) is 34.4 Å². The van der Waals surface area contributed by atoms with Crippen LogP contribution >= 0.6 is 27.5 Å². The normalized spacial score (nSPS) is 17.3. The van der Waals surface area contributed by atoms with Gasteiger partial charge in [-0.15, -0.1) is 0 Å². The Labute approximate surface area is 156 Å². The Hall–Kier alpha value is -1.16. The number of piperidine rings is 1. The molecule has 2 aliphatic rings. The van der Waals surface area contributed by atoms with Crippen LogP contribution in [0.3, 0.4) is 0 Å². The van der Waals surface area contributed by atoms with Crippen molar-refractivity contribution in [2.75, 3.05) is 13.1 Å². The molecule has 1 aliphatic heterocycles. The Kier molecular flexibility index (Phi) is 4.50. The first-order chi connectivity index (χ1) is 11.6. The molecule has 0 bridgehead atoms. The second kappa shape index (κ2) is 6.62. The highest BCUT2D eigenvalue weighted by Crippen LogP contribution is 2.41. The van der Waals surface area contributed by atoms with Gasteiger partial charge in [0.2, 0.25) is 0 Å². The number of aryl methyl sites for hydroxylation is 3. The maximum atomic E-state index is 6.33. The van der Waals surface area contributed by atoms with Crippen LogP contribution in [0.2, 0.25) is 5.02 Å². The first kappa shape index (κ1) is 16.3. The molecular formula is C20H20BrClN2. The van der Waals surface area contributed by atoms with Gasteiger partial charge in [0.15, 0.2) is 0 Å². The number of aromatic nitrogens is 1. The fourth-order valence-electron chi connectivity index (χ4n) is 3.86. The zero-order valence-electron chi connectivity index (χ0n) is 13.8. The van der Waals surface area contributed by atoms with Crippen LogP contribution in [0, 0.1) is 6.92 Å². The van der Waals surface area contributed by atoms with Crippen LogP contribution < -0.4 is 5.32 Å². The standard InChI is InChI=1S/C20H20BrClN2/c1-12-8-15-3-2-14-9-16(22)10-17(21)18(14)19(20(15)24-11-12)13-4-6-23-7-5-13/h8-11,23H,2-7H2,1H3. The van der Waals surface area contributed by atoms with E-state index in [2.05, 4.69) is 40.3 Å². The molecule has 0 radical (unpaired) electrons. The minimum Gasteiger partial charge on any atom is -0.316 e. The summed E-state index contributed by atoms with van der Waals surface area (Å²) in [5.74, 6) is 0. The molecule has 1 fully saturated rings. The summed E-state index contributed by atoms with van der Waals surface area (Å²) in [5.41, 5.74) is 9.22. The average Bonchev–Trinajstić information content (AvgIpc) is 2.72. The number of nitrogens with one attached hydrogen (secondary N) is 1. The summed E-state index contributed by atoms with van der Waals surface area (Å²) in [6, 6.07) is 6.44. The quantitative estimate of drug-likeness (QED) is 0.663. The molecular weight excluding hydrogens is 384 g/mol. The van der Waals surface area contributed by atoms with E-state index in [-0.39, 0.29) is 0 Å². The Morgan fingerprint density at radius 3 is 2.58 bits per heavy atom. The van der Waals surface area contributed by atoms with Crippen molar-refractivity contribution in [2.24, 2.45) is 0 Å². The molecule has 4 heteroatoms. The van der Waals surface area contributed by atoms with Crippen LogP contribution in [0.1, 0.15) is 40.8 Å². The summed E-state index contributed by atoms with van der Waals surface area (Å²) in [6.45, 7) is 4.20. The molecule has 24 heavy (non-hydrogen) atoms. The smallest absolute Gasteiger partial charge is 0.0740 e. The molecule has 1 N–H and O–H groups in total. The highest BCUT2D eigenvalue weighted by atomic mass is 79.9. The van der Waals surface area contributed by atoms with Crippen molar-refractivity contribution in [2.45, 2.75) is 32.6 Å². The summed E-state index contributed by atoms with van der Waals surface area (Å²) in [4.78, 5) is 4.87. The van der Waals surface area contributed by atoms with Crippen molar-refractivity contribution in [1.29, 1.82) is 0 Å². The molecule has 0 saturated carbocycles. The molecule has 2 aromatic rings. The van der Waals surface area contributed by atoms with Crippen molar-refractivity contribution in [1.82, 2.24) is 10.3 Å². The Morgan fingerprint density at radius 1 is 1.04 bits per heavy atom. The predicted molar refractivity (Wildman–Crippen MR) is 104 cm³/mol. The van der Waals surface area contributed by atoms with Gasteiger partial charge in [-0.3, -0.25) is 4.98 Å². The Morgan fingerprint density at radius 2 is 1.79 bits per heavy atom. The summed E-state index contributed by atoms with van der Waals surface area (Å²) < 4.78 is 1.08. The molecule has 2 heterocycles. The summed E-state index contributed by atoms with van der Waals surface area (Å²) >= 11 is 10.1. The minimum atomic E-state index is 0.797. The third-order valence-corrected chi connectivity index (χ3v) is 5.79. The first-order valence-electron chi connectivity index (χ1n) is 8.50. The monoisotopic (exact) mass is 402 g/mol. The SMILES string of the molecule is Cc1cnc2c(c1)CCc1cc(Cl)cc(Br)c1C2=C1CCNCC1. The van der Waals surface area contributed by atoms with Crippen LogP contribution in [0.4, 0.5) is 0 Å². The predicted octanol–water partition coefficient (Wildman–Crippen LogP) is 5.09. The molecule has 0 atom stereocenters. The average molecular weight is 404 g/mol. The van der Waals surface area contributed by atoms with Gasteiger partial charge in [-0.05, 0) is 74.5 Å². The van der Waals surface area contributed by atoms with Crippen molar-refractivity contribution in [3.8, 4) is 0 Å². The number of benzene rings is 1. The molecule has 1 aromatic carbocycles. The van der Waals surface area contributed by atoms with Crippen molar-refractivity contribution < 1.29 is 0 Å². The Bertz CT molecular complexity index is 834. The molecule has 4 rings (SSSR count). The maximum Gasteiger partial charge on any atom is 0.0740 e. The zero-order chi connectivity index (χ0) is 16.7. The van der Waals surface area contributed by atoms with E-state index in [1.54, 1.807) is 0 Å². The lowest BCUT2D eigenvalue weighted by molar-refractivity contribution is 0.611. The van der Waals surface area contributed by atoms with E-state index in [0.29, 0.717) is 0 Å². The van der Waals surface area contributed by atoms with Gasteiger partial charge in [-0.25, -0.2) is 0 Å². The second-order valence-electron chi connectivity index (χ2n) is 6.67. The minimum absolute atomic E-state index is 0.797. The number of hydrogen-bond donors (Lipinski definition) is 1. The van der Waals surface area contributed by atoms with E-state index >= 15 is 0 Å². The molecule has 2 nitrogen and oxygen atoms in total. The highest BCUT2D eigenvalue weighted by molar-refractivity contribution is 9.10. The molecule has 0 spiro atoms. The third-order valence-electron chi connectivity index (χ3n) is 4.95. The van der Waals surface area contributed by atoms with Crippen molar-refractivity contribution >= 4 is 33.1 Å². The molecule has 1 aromatic heterocycles. The van der Waals surface area contributed by atoms with Gasteiger partial charge < -0.3 is 5.32 Å². The number of halogens is 2. The third kappa shape index (κ3) is 2.94. The van der Waals surface area contributed by atoms with E-state index in [4.69, 9.17) is 16.6 Å². The van der Waals surface area contributed by atoms with E-state index in [1.165, 1.54) is 39.1 Å². The lowest BCUT2D eigenvalue weighted by Crippen LogP contribution is -2.24. The van der Waals surface area contributed by atoms with Gasteiger partial charge in [-0.1, -0.05) is 39.2 Å². The maximum absolute atomic E-state index is 6.33. The fourth-order valence-corrected chi connectivity index (χ4v) is 4.93. The number of hydrogen-bond acceptors (Lipinski definition) is 2. The van der Waals surface area contributed by atoms with Crippen LogP contribution in [-0.4, -0.2) is 18.1 Å². The zero-order valence-corrected chi connectivity index (χ0v) is 16.1. The van der Waals surface area contributed by atoms with Gasteiger partial charge in [-0.2, -0.15) is 0 Å². The summed E-state index contributed by atoms with van der Waals surface area (Å²) in [5, 5.41) is 4.26. The van der Waals surface area contributed by atoms with Gasteiger partial charge in [0.25, 0.3) is 0 Å². The fraction of sp³-hybridized carbons (Fsp3) is 0.350. The van der Waals surface area contributed by atoms with E-state index < -0.39 is 0 Å². The summed E-state index contributed by atoms with van der Waals surface area (Å²) in [7, 11) is 0. The van der Waals surface area contributed by atoms with E-state index in [9.17, 15) is 0 Å². The van der Waals surface area contributed by atoms with E-state index in [1.807, 2.05) is 12.3 Å². The molecule has 1 saturated heterocycles. The van der Waals surface area contributed by atoms with Crippen molar-refractivity contribution in [3.05, 3.63) is 67.4 Å². The first-order valence-corrected chi connectivity index (χ1v) is 9.67. The number of nitrogens with zero attached hydrogens (tertiary/aromatic N) is 1. The van der Waals surface area contributed by atoms with Gasteiger partial charge >= 0.3 is 0 Å². The van der Waals surface area contributed by atoms with Gasteiger partial charge in [0, 0.05) is 26.8 Å². The summed E-state index contributed by atoms with van der Waals surface area (Å²) in [6.07, 6.45) is 6.17. The van der Waals surface area contributed by atoms with E-state index in [0.717, 1.165) is 48.3 Å². The van der Waals surface area contributed by atoms with Crippen LogP contribution in [0.5, 0.6) is 0 Å². The number of pyridine rings is 1. The second-order valence-corrected chi connectivity index (χ2v) is 7.96. The molecule has 0 unspecified atom stereocenters. The van der Waals surface area contributed by atoms with Crippen LogP contribution in [0.25, 0.3) is 5.57 Å². The topological polar surface area (TPSA) is 24.9 Å². The lowest BCUT2D eigenvalue weighted by Gasteiger charge is -2.22. The molecule has 124 valence electrons. The molecule has 0 amide bonds. The number of fused-ring (bicyclic) bond motifs is 2. The number of rotatable bonds is 0.